The largest absolute Gasteiger partial charge is 0.377 e. The first-order valence-electron chi connectivity index (χ1n) is 23.5. The molecule has 0 atom stereocenters. The highest BCUT2D eigenvalue weighted by Gasteiger charge is 2.07. The number of nitrogens with zero attached hydrogens (tertiary/aromatic N) is 2. The second-order valence-electron chi connectivity index (χ2n) is 16.3. The molecule has 0 heterocycles. The Kier molecular flexibility index (Phi) is 32.0. The lowest BCUT2D eigenvalue weighted by Gasteiger charge is -2.22. The first-order chi connectivity index (χ1) is 26.7. The third-order valence-electron chi connectivity index (χ3n) is 11.1. The molecule has 0 aliphatic rings. The molecule has 4 heteroatoms. The van der Waals surface area contributed by atoms with E-state index < -0.39 is 0 Å². The fraction of sp³-hybridized carbons (Fsp3) is 0.760. The molecule has 4 nitrogen and oxygen atoms in total. The van der Waals surface area contributed by atoms with E-state index in [-0.39, 0.29) is 0 Å². The molecule has 2 rings (SSSR count). The SMILES string of the molecule is CCCCCCCN(CCCCCCC)CCCCOCc1ccc(-c2ccc(COCCCCN(CCCCCCC)CCCCCCC)cc2)cc1. The van der Waals surface area contributed by atoms with E-state index in [1.165, 1.54) is 203 Å². The Balaban J connectivity index is 1.62. The molecule has 0 aliphatic heterocycles. The van der Waals surface area contributed by atoms with Crippen molar-refractivity contribution in [1.29, 1.82) is 0 Å². The number of ether oxygens (including phenoxy) is 2. The van der Waals surface area contributed by atoms with Crippen molar-refractivity contribution in [3.05, 3.63) is 59.7 Å². The normalized spacial score (nSPS) is 11.7. The molecule has 0 N–H and O–H groups in total. The maximum atomic E-state index is 6.11. The summed E-state index contributed by atoms with van der Waals surface area (Å²) in [6, 6.07) is 17.9. The Bertz CT molecular complexity index is 942. The minimum absolute atomic E-state index is 0.700. The molecular formula is C50H88N2O2. The summed E-state index contributed by atoms with van der Waals surface area (Å²) in [6.07, 6.45) is 32.2. The standard InChI is InChI=1S/C50H88N2O2/c1-5-9-13-17-21-37-51(38-22-18-14-10-6-2)41-25-27-43-53-45-47-29-33-49(34-30-47)50-35-31-48(32-36-50)46-54-44-28-26-42-52(39-23-19-15-11-7-3)40-24-20-16-12-8-4/h29-36H,5-28,37-46H2,1-4H3. The molecular weight excluding hydrogens is 661 g/mol. The molecule has 310 valence electrons. The van der Waals surface area contributed by atoms with Gasteiger partial charge in [0, 0.05) is 13.2 Å². The molecule has 0 unspecified atom stereocenters. The van der Waals surface area contributed by atoms with Crippen LogP contribution in [-0.2, 0) is 22.7 Å². The average Bonchev–Trinajstić information content (AvgIpc) is 3.20. The van der Waals surface area contributed by atoms with Gasteiger partial charge in [0.25, 0.3) is 0 Å². The van der Waals surface area contributed by atoms with Crippen LogP contribution < -0.4 is 0 Å². The van der Waals surface area contributed by atoms with Crippen LogP contribution in [-0.4, -0.2) is 62.3 Å². The lowest BCUT2D eigenvalue weighted by atomic mass is 10.0. The lowest BCUT2D eigenvalue weighted by Crippen LogP contribution is -2.27. The van der Waals surface area contributed by atoms with E-state index in [2.05, 4.69) is 86.0 Å². The average molecular weight is 749 g/mol. The lowest BCUT2D eigenvalue weighted by molar-refractivity contribution is 0.114. The Morgan fingerprint density at radius 3 is 0.852 bits per heavy atom. The predicted octanol–water partition coefficient (Wildman–Crippen LogP) is 14.4. The first kappa shape index (κ1) is 48.4. The quantitative estimate of drug-likeness (QED) is 0.0636. The number of hydrogen-bond acceptors (Lipinski definition) is 4. The van der Waals surface area contributed by atoms with Crippen LogP contribution in [0.5, 0.6) is 0 Å². The fourth-order valence-corrected chi connectivity index (χ4v) is 7.47. The highest BCUT2D eigenvalue weighted by molar-refractivity contribution is 5.63. The van der Waals surface area contributed by atoms with E-state index in [4.69, 9.17) is 9.47 Å². The van der Waals surface area contributed by atoms with Gasteiger partial charge in [-0.15, -0.1) is 0 Å². The highest BCUT2D eigenvalue weighted by Crippen LogP contribution is 2.21. The molecule has 0 saturated carbocycles. The van der Waals surface area contributed by atoms with E-state index in [9.17, 15) is 0 Å². The molecule has 0 bridgehead atoms. The van der Waals surface area contributed by atoms with E-state index in [1.807, 2.05) is 0 Å². The maximum Gasteiger partial charge on any atom is 0.0716 e. The van der Waals surface area contributed by atoms with Gasteiger partial charge in [-0.3, -0.25) is 0 Å². The van der Waals surface area contributed by atoms with Gasteiger partial charge in [0.2, 0.25) is 0 Å². The zero-order valence-corrected chi connectivity index (χ0v) is 36.4. The number of rotatable bonds is 39. The topological polar surface area (TPSA) is 24.9 Å². The summed E-state index contributed by atoms with van der Waals surface area (Å²) in [4.78, 5) is 5.47. The zero-order chi connectivity index (χ0) is 38.6. The van der Waals surface area contributed by atoms with Crippen molar-refractivity contribution in [2.75, 3.05) is 52.5 Å². The molecule has 0 saturated heterocycles. The molecule has 0 aromatic heterocycles. The van der Waals surface area contributed by atoms with E-state index in [1.54, 1.807) is 0 Å². The van der Waals surface area contributed by atoms with Crippen molar-refractivity contribution in [3.8, 4) is 11.1 Å². The third kappa shape index (κ3) is 26.2. The van der Waals surface area contributed by atoms with Gasteiger partial charge in [-0.2, -0.15) is 0 Å². The molecule has 0 amide bonds. The van der Waals surface area contributed by atoms with Crippen molar-refractivity contribution < 1.29 is 9.47 Å². The maximum absolute atomic E-state index is 6.11. The molecule has 54 heavy (non-hydrogen) atoms. The first-order valence-corrected chi connectivity index (χ1v) is 23.5. The van der Waals surface area contributed by atoms with Crippen LogP contribution in [0.4, 0.5) is 0 Å². The van der Waals surface area contributed by atoms with Crippen LogP contribution in [0, 0.1) is 0 Å². The smallest absolute Gasteiger partial charge is 0.0716 e. The second kappa shape index (κ2) is 35.7. The van der Waals surface area contributed by atoms with Crippen molar-refractivity contribution in [3.63, 3.8) is 0 Å². The van der Waals surface area contributed by atoms with Crippen molar-refractivity contribution in [1.82, 2.24) is 9.80 Å². The van der Waals surface area contributed by atoms with Gasteiger partial charge in [-0.25, -0.2) is 0 Å². The van der Waals surface area contributed by atoms with Gasteiger partial charge < -0.3 is 19.3 Å². The third-order valence-corrected chi connectivity index (χ3v) is 11.1. The van der Waals surface area contributed by atoms with Gasteiger partial charge in [0.1, 0.15) is 0 Å². The Morgan fingerprint density at radius 2 is 0.574 bits per heavy atom. The van der Waals surface area contributed by atoms with Crippen LogP contribution >= 0.6 is 0 Å². The van der Waals surface area contributed by atoms with Crippen LogP contribution in [0.25, 0.3) is 11.1 Å². The Morgan fingerprint density at radius 1 is 0.315 bits per heavy atom. The van der Waals surface area contributed by atoms with Crippen molar-refractivity contribution in [2.45, 2.75) is 195 Å². The minimum atomic E-state index is 0.700. The molecule has 0 aliphatic carbocycles. The molecule has 2 aromatic carbocycles. The van der Waals surface area contributed by atoms with E-state index >= 15 is 0 Å². The predicted molar refractivity (Wildman–Crippen MR) is 238 cm³/mol. The molecule has 0 fully saturated rings. The highest BCUT2D eigenvalue weighted by atomic mass is 16.5. The van der Waals surface area contributed by atoms with Gasteiger partial charge in [0.05, 0.1) is 13.2 Å². The van der Waals surface area contributed by atoms with E-state index in [0.717, 1.165) is 26.1 Å². The van der Waals surface area contributed by atoms with Crippen LogP contribution in [0.15, 0.2) is 48.5 Å². The number of unbranched alkanes of at least 4 members (excludes halogenated alkanes) is 18. The minimum Gasteiger partial charge on any atom is -0.377 e. The van der Waals surface area contributed by atoms with Gasteiger partial charge >= 0.3 is 0 Å². The molecule has 0 radical (unpaired) electrons. The van der Waals surface area contributed by atoms with Crippen LogP contribution in [0.1, 0.15) is 193 Å². The fourth-order valence-electron chi connectivity index (χ4n) is 7.47. The van der Waals surface area contributed by atoms with Gasteiger partial charge in [-0.05, 0) is 113 Å². The monoisotopic (exact) mass is 749 g/mol. The van der Waals surface area contributed by atoms with E-state index in [0.29, 0.717) is 13.2 Å². The second-order valence-corrected chi connectivity index (χ2v) is 16.3. The summed E-state index contributed by atoms with van der Waals surface area (Å²) in [5.74, 6) is 0. The summed E-state index contributed by atoms with van der Waals surface area (Å²) < 4.78 is 12.2. The molecule has 0 spiro atoms. The summed E-state index contributed by atoms with van der Waals surface area (Å²) in [6.45, 7) is 19.9. The summed E-state index contributed by atoms with van der Waals surface area (Å²) >= 11 is 0. The summed E-state index contributed by atoms with van der Waals surface area (Å²) in [7, 11) is 0. The summed E-state index contributed by atoms with van der Waals surface area (Å²) in [5.41, 5.74) is 5.03. The Labute approximate surface area is 336 Å². The van der Waals surface area contributed by atoms with Gasteiger partial charge in [0.15, 0.2) is 0 Å². The van der Waals surface area contributed by atoms with Crippen molar-refractivity contribution >= 4 is 0 Å². The van der Waals surface area contributed by atoms with Gasteiger partial charge in [-0.1, -0.05) is 179 Å². The summed E-state index contributed by atoms with van der Waals surface area (Å²) in [5, 5.41) is 0. The van der Waals surface area contributed by atoms with Crippen LogP contribution in [0.3, 0.4) is 0 Å². The molecule has 2 aromatic rings. The zero-order valence-electron chi connectivity index (χ0n) is 36.4. The number of benzene rings is 2. The number of hydrogen-bond donors (Lipinski definition) is 0. The Hall–Kier alpha value is -1.72. The van der Waals surface area contributed by atoms with Crippen molar-refractivity contribution in [2.24, 2.45) is 0 Å². The van der Waals surface area contributed by atoms with Crippen LogP contribution in [0.2, 0.25) is 0 Å².